The van der Waals surface area contributed by atoms with E-state index in [1.54, 1.807) is 6.07 Å². The summed E-state index contributed by atoms with van der Waals surface area (Å²) >= 11 is 0. The second kappa shape index (κ2) is 11.1. The Balaban J connectivity index is 1.78. The number of rotatable bonds is 7. The monoisotopic (exact) mass is 502 g/mol. The molecule has 0 aliphatic carbocycles. The van der Waals surface area contributed by atoms with Crippen LogP contribution in [0.4, 0.5) is 0 Å². The van der Waals surface area contributed by atoms with Crippen LogP contribution < -0.4 is 5.32 Å². The topological polar surface area (TPSA) is 123 Å². The van der Waals surface area contributed by atoms with Crippen LogP contribution >= 0.6 is 0 Å². The van der Waals surface area contributed by atoms with Gasteiger partial charge in [0.05, 0.1) is 17.2 Å². The number of carbonyl (C=O) groups is 1. The van der Waals surface area contributed by atoms with E-state index in [0.29, 0.717) is 34.7 Å². The van der Waals surface area contributed by atoms with Gasteiger partial charge in [0.1, 0.15) is 17.5 Å². The van der Waals surface area contributed by atoms with Gasteiger partial charge in [-0.05, 0) is 67.4 Å². The summed E-state index contributed by atoms with van der Waals surface area (Å²) in [6.07, 6.45) is 2.15. The molecule has 1 aliphatic heterocycles. The molecule has 3 N–H and O–H groups in total. The minimum atomic E-state index is -0.392. The molecule has 0 bridgehead atoms. The van der Waals surface area contributed by atoms with Gasteiger partial charge in [-0.3, -0.25) is 9.69 Å². The van der Waals surface area contributed by atoms with Gasteiger partial charge in [0.2, 0.25) is 0 Å². The lowest BCUT2D eigenvalue weighted by Crippen LogP contribution is -2.35. The highest BCUT2D eigenvalue weighted by Gasteiger charge is 2.28. The standard InChI is InChI=1S/C29H34N4O4/c1-5-31-29(36)27-26(28(37-32-27)22-14-21(17(2)3)24(34)15-25(22)35)20-8-6-19(7-9-20)23(16-30)33-12-10-18(4)11-13-33/h6-9,14-15,17-18,23,34-35H,5,10-13H2,1-4H3,(H,31,36). The summed E-state index contributed by atoms with van der Waals surface area (Å²) in [5.74, 6) is 0.313. The maximum absolute atomic E-state index is 12.9. The summed E-state index contributed by atoms with van der Waals surface area (Å²) in [4.78, 5) is 15.1. The van der Waals surface area contributed by atoms with E-state index in [1.165, 1.54) is 6.07 Å². The lowest BCUT2D eigenvalue weighted by molar-refractivity contribution is 0.0947. The number of nitrogens with zero attached hydrogens (tertiary/aromatic N) is 3. The van der Waals surface area contributed by atoms with Crippen LogP contribution in [0, 0.1) is 17.2 Å². The maximum atomic E-state index is 12.9. The molecular formula is C29H34N4O4. The fraction of sp³-hybridized carbons (Fsp3) is 0.414. The van der Waals surface area contributed by atoms with Gasteiger partial charge >= 0.3 is 0 Å². The number of hydrogen-bond donors (Lipinski definition) is 3. The Kier molecular flexibility index (Phi) is 7.84. The fourth-order valence-electron chi connectivity index (χ4n) is 4.87. The SMILES string of the molecule is CCNC(=O)c1noc(-c2cc(C(C)C)c(O)cc2O)c1-c1ccc(C(C#N)N2CCC(C)CC2)cc1. The van der Waals surface area contributed by atoms with Crippen LogP contribution in [0.15, 0.2) is 40.9 Å². The predicted molar refractivity (Wildman–Crippen MR) is 141 cm³/mol. The highest BCUT2D eigenvalue weighted by molar-refractivity contribution is 6.02. The molecule has 2 heterocycles. The molecule has 4 rings (SSSR count). The smallest absolute Gasteiger partial charge is 0.274 e. The van der Waals surface area contributed by atoms with Crippen molar-refractivity contribution in [1.82, 2.24) is 15.4 Å². The molecule has 37 heavy (non-hydrogen) atoms. The van der Waals surface area contributed by atoms with E-state index < -0.39 is 5.91 Å². The molecule has 1 amide bonds. The van der Waals surface area contributed by atoms with E-state index in [-0.39, 0.29) is 34.9 Å². The van der Waals surface area contributed by atoms with E-state index in [1.807, 2.05) is 45.0 Å². The number of nitriles is 1. The average Bonchev–Trinajstić information content (AvgIpc) is 3.31. The molecule has 1 unspecified atom stereocenters. The number of likely N-dealkylation sites (tertiary alicyclic amines) is 1. The van der Waals surface area contributed by atoms with Crippen LogP contribution in [0.3, 0.4) is 0 Å². The molecular weight excluding hydrogens is 468 g/mol. The Morgan fingerprint density at radius 2 is 1.86 bits per heavy atom. The fourth-order valence-corrected chi connectivity index (χ4v) is 4.87. The first-order chi connectivity index (χ1) is 17.7. The molecule has 1 fully saturated rings. The van der Waals surface area contributed by atoms with Gasteiger partial charge < -0.3 is 20.1 Å². The van der Waals surface area contributed by atoms with Crippen LogP contribution in [-0.4, -0.2) is 45.8 Å². The van der Waals surface area contributed by atoms with Crippen molar-refractivity contribution in [3.63, 3.8) is 0 Å². The molecule has 1 saturated heterocycles. The molecule has 2 aromatic carbocycles. The van der Waals surface area contributed by atoms with Crippen molar-refractivity contribution in [2.45, 2.75) is 52.5 Å². The summed E-state index contributed by atoms with van der Waals surface area (Å²) in [5, 5.41) is 37.8. The molecule has 0 spiro atoms. The van der Waals surface area contributed by atoms with Gasteiger partial charge in [-0.25, -0.2) is 0 Å². The molecule has 8 heteroatoms. The van der Waals surface area contributed by atoms with Gasteiger partial charge in [0.15, 0.2) is 11.5 Å². The average molecular weight is 503 g/mol. The first kappa shape index (κ1) is 26.2. The highest BCUT2D eigenvalue weighted by Crippen LogP contribution is 2.43. The third-order valence-corrected chi connectivity index (χ3v) is 7.08. The summed E-state index contributed by atoms with van der Waals surface area (Å²) in [6.45, 7) is 10.1. The Morgan fingerprint density at radius 1 is 1.19 bits per heavy atom. The van der Waals surface area contributed by atoms with Crippen LogP contribution in [0.1, 0.15) is 74.1 Å². The third-order valence-electron chi connectivity index (χ3n) is 7.08. The minimum Gasteiger partial charge on any atom is -0.508 e. The van der Waals surface area contributed by atoms with Crippen molar-refractivity contribution in [3.8, 4) is 40.0 Å². The number of aromatic nitrogens is 1. The first-order valence-corrected chi connectivity index (χ1v) is 12.8. The normalized spacial score (nSPS) is 15.5. The van der Waals surface area contributed by atoms with E-state index >= 15 is 0 Å². The predicted octanol–water partition coefficient (Wildman–Crippen LogP) is 5.59. The summed E-state index contributed by atoms with van der Waals surface area (Å²) < 4.78 is 5.65. The van der Waals surface area contributed by atoms with Gasteiger partial charge in [-0.1, -0.05) is 50.2 Å². The Morgan fingerprint density at radius 3 is 2.46 bits per heavy atom. The van der Waals surface area contributed by atoms with Crippen molar-refractivity contribution in [3.05, 3.63) is 53.2 Å². The quantitative estimate of drug-likeness (QED) is 0.385. The van der Waals surface area contributed by atoms with Crippen molar-refractivity contribution in [2.24, 2.45) is 5.92 Å². The molecule has 1 aliphatic rings. The lowest BCUT2D eigenvalue weighted by Gasteiger charge is -2.33. The summed E-state index contributed by atoms with van der Waals surface area (Å²) in [6, 6.07) is 12.5. The number of carbonyl (C=O) groups excluding carboxylic acids is 1. The van der Waals surface area contributed by atoms with Crippen molar-refractivity contribution in [1.29, 1.82) is 5.26 Å². The number of phenolic OH excluding ortho intramolecular Hbond substituents is 2. The molecule has 3 aromatic rings. The lowest BCUT2D eigenvalue weighted by atomic mass is 9.93. The Labute approximate surface area is 217 Å². The zero-order chi connectivity index (χ0) is 26.7. The van der Waals surface area contributed by atoms with E-state index in [4.69, 9.17) is 4.52 Å². The molecule has 1 aromatic heterocycles. The largest absolute Gasteiger partial charge is 0.508 e. The summed E-state index contributed by atoms with van der Waals surface area (Å²) in [7, 11) is 0. The van der Waals surface area contributed by atoms with E-state index in [2.05, 4.69) is 28.4 Å². The van der Waals surface area contributed by atoms with Crippen molar-refractivity contribution >= 4 is 5.91 Å². The number of amides is 1. The number of benzene rings is 2. The molecule has 0 radical (unpaired) electrons. The third kappa shape index (κ3) is 5.32. The molecule has 194 valence electrons. The van der Waals surface area contributed by atoms with E-state index in [0.717, 1.165) is 31.5 Å². The molecule has 1 atom stereocenters. The molecule has 8 nitrogen and oxygen atoms in total. The van der Waals surface area contributed by atoms with Crippen molar-refractivity contribution in [2.75, 3.05) is 19.6 Å². The van der Waals surface area contributed by atoms with Gasteiger partial charge in [-0.15, -0.1) is 0 Å². The maximum Gasteiger partial charge on any atom is 0.274 e. The van der Waals surface area contributed by atoms with Gasteiger partial charge in [0, 0.05) is 12.6 Å². The Hall–Kier alpha value is -3.83. The Bertz CT molecular complexity index is 1300. The first-order valence-electron chi connectivity index (χ1n) is 12.8. The second-order valence-electron chi connectivity index (χ2n) is 10.0. The van der Waals surface area contributed by atoms with E-state index in [9.17, 15) is 20.3 Å². The minimum absolute atomic E-state index is 0.00597. The number of nitrogens with one attached hydrogen (secondary N) is 1. The number of hydrogen-bond acceptors (Lipinski definition) is 7. The number of aromatic hydroxyl groups is 2. The zero-order valence-electron chi connectivity index (χ0n) is 21.8. The number of phenols is 2. The van der Waals surface area contributed by atoms with Crippen LogP contribution in [0.25, 0.3) is 22.5 Å². The van der Waals surface area contributed by atoms with Gasteiger partial charge in [0.25, 0.3) is 5.91 Å². The van der Waals surface area contributed by atoms with Crippen LogP contribution in [0.5, 0.6) is 11.5 Å². The highest BCUT2D eigenvalue weighted by atomic mass is 16.5. The van der Waals surface area contributed by atoms with Crippen LogP contribution in [0.2, 0.25) is 0 Å². The van der Waals surface area contributed by atoms with Crippen LogP contribution in [-0.2, 0) is 0 Å². The zero-order valence-corrected chi connectivity index (χ0v) is 21.8. The number of piperidine rings is 1. The molecule has 0 saturated carbocycles. The summed E-state index contributed by atoms with van der Waals surface area (Å²) in [5.41, 5.74) is 3.06. The van der Waals surface area contributed by atoms with Gasteiger partial charge in [-0.2, -0.15) is 5.26 Å². The second-order valence-corrected chi connectivity index (χ2v) is 10.0. The van der Waals surface area contributed by atoms with Crippen molar-refractivity contribution < 1.29 is 19.5 Å².